The standard InChI is InChI=1S/C16H20BrN3/c17-13-7-5-6-12(10-13)16-15(18)11-20(19-16)14-8-3-1-2-4-9-14/h5-7,10-11,14H,1-4,8-9,18H2. The summed E-state index contributed by atoms with van der Waals surface area (Å²) in [6, 6.07) is 8.67. The molecule has 20 heavy (non-hydrogen) atoms. The van der Waals surface area contributed by atoms with E-state index in [1.165, 1.54) is 38.5 Å². The van der Waals surface area contributed by atoms with Gasteiger partial charge < -0.3 is 5.73 Å². The lowest BCUT2D eigenvalue weighted by Crippen LogP contribution is -2.08. The van der Waals surface area contributed by atoms with Crippen LogP contribution in [0.5, 0.6) is 0 Å². The molecule has 1 aliphatic rings. The monoisotopic (exact) mass is 333 g/mol. The Bertz CT molecular complexity index is 583. The summed E-state index contributed by atoms with van der Waals surface area (Å²) in [5.41, 5.74) is 8.91. The fourth-order valence-electron chi connectivity index (χ4n) is 2.98. The van der Waals surface area contributed by atoms with Crippen molar-refractivity contribution in [2.45, 2.75) is 44.6 Å². The number of anilines is 1. The Kier molecular flexibility index (Phi) is 4.10. The minimum absolute atomic E-state index is 0.515. The van der Waals surface area contributed by atoms with E-state index < -0.39 is 0 Å². The summed E-state index contributed by atoms with van der Waals surface area (Å²) in [4.78, 5) is 0. The Morgan fingerprint density at radius 3 is 2.60 bits per heavy atom. The fraction of sp³-hybridized carbons (Fsp3) is 0.438. The maximum Gasteiger partial charge on any atom is 0.115 e. The van der Waals surface area contributed by atoms with E-state index in [9.17, 15) is 0 Å². The van der Waals surface area contributed by atoms with Crippen molar-refractivity contribution in [2.24, 2.45) is 0 Å². The summed E-state index contributed by atoms with van der Waals surface area (Å²) in [6.45, 7) is 0. The molecule has 2 N–H and O–H groups in total. The van der Waals surface area contributed by atoms with Crippen molar-refractivity contribution < 1.29 is 0 Å². The topological polar surface area (TPSA) is 43.8 Å². The zero-order valence-corrected chi connectivity index (χ0v) is 13.1. The summed E-state index contributed by atoms with van der Waals surface area (Å²) in [7, 11) is 0. The van der Waals surface area contributed by atoms with E-state index in [1.54, 1.807) is 0 Å². The molecule has 1 aromatic carbocycles. The van der Waals surface area contributed by atoms with Crippen molar-refractivity contribution in [3.8, 4) is 11.3 Å². The number of nitrogen functional groups attached to an aromatic ring is 1. The molecule has 0 unspecified atom stereocenters. The van der Waals surface area contributed by atoms with Gasteiger partial charge in [0.1, 0.15) is 5.69 Å². The molecule has 0 radical (unpaired) electrons. The van der Waals surface area contributed by atoms with Gasteiger partial charge in [0.15, 0.2) is 0 Å². The zero-order chi connectivity index (χ0) is 13.9. The molecule has 0 amide bonds. The Hall–Kier alpha value is -1.29. The lowest BCUT2D eigenvalue weighted by atomic mass is 10.1. The van der Waals surface area contributed by atoms with Crippen molar-refractivity contribution in [3.63, 3.8) is 0 Å². The van der Waals surface area contributed by atoms with Gasteiger partial charge in [-0.05, 0) is 25.0 Å². The largest absolute Gasteiger partial charge is 0.396 e. The number of rotatable bonds is 2. The lowest BCUT2D eigenvalue weighted by Gasteiger charge is -2.14. The quantitative estimate of drug-likeness (QED) is 0.803. The fourth-order valence-corrected chi connectivity index (χ4v) is 3.37. The zero-order valence-electron chi connectivity index (χ0n) is 11.6. The van der Waals surface area contributed by atoms with E-state index in [0.29, 0.717) is 6.04 Å². The predicted octanol–water partition coefficient (Wildman–Crippen LogP) is 4.79. The van der Waals surface area contributed by atoms with Crippen LogP contribution in [0.4, 0.5) is 5.69 Å². The highest BCUT2D eigenvalue weighted by Gasteiger charge is 2.17. The van der Waals surface area contributed by atoms with Gasteiger partial charge in [-0.2, -0.15) is 5.10 Å². The van der Waals surface area contributed by atoms with Crippen LogP contribution in [0.1, 0.15) is 44.6 Å². The van der Waals surface area contributed by atoms with Crippen LogP contribution in [0.3, 0.4) is 0 Å². The molecule has 3 nitrogen and oxygen atoms in total. The first kappa shape index (κ1) is 13.7. The van der Waals surface area contributed by atoms with Crippen LogP contribution in [0.15, 0.2) is 34.9 Å². The van der Waals surface area contributed by atoms with E-state index in [4.69, 9.17) is 10.8 Å². The number of nitrogens with two attached hydrogens (primary N) is 1. The first-order valence-electron chi connectivity index (χ1n) is 7.34. The van der Waals surface area contributed by atoms with E-state index in [2.05, 4.69) is 32.7 Å². The van der Waals surface area contributed by atoms with Crippen molar-refractivity contribution in [3.05, 3.63) is 34.9 Å². The van der Waals surface area contributed by atoms with Gasteiger partial charge in [0.2, 0.25) is 0 Å². The molecule has 1 heterocycles. The van der Waals surface area contributed by atoms with Gasteiger partial charge in [-0.3, -0.25) is 4.68 Å². The molecule has 0 bridgehead atoms. The first-order chi connectivity index (χ1) is 9.74. The predicted molar refractivity (Wildman–Crippen MR) is 86.5 cm³/mol. The van der Waals surface area contributed by atoms with Gasteiger partial charge in [-0.25, -0.2) is 0 Å². The Balaban J connectivity index is 1.90. The normalized spacial score (nSPS) is 17.1. The minimum Gasteiger partial charge on any atom is -0.396 e. The molecule has 2 aromatic rings. The van der Waals surface area contributed by atoms with Gasteiger partial charge in [-0.1, -0.05) is 53.7 Å². The smallest absolute Gasteiger partial charge is 0.115 e. The summed E-state index contributed by atoms with van der Waals surface area (Å²) >= 11 is 3.50. The van der Waals surface area contributed by atoms with Crippen LogP contribution in [0.2, 0.25) is 0 Å². The molecule has 0 aliphatic heterocycles. The Morgan fingerprint density at radius 2 is 1.90 bits per heavy atom. The van der Waals surface area contributed by atoms with Gasteiger partial charge in [0.05, 0.1) is 11.7 Å². The molecule has 1 fully saturated rings. The van der Waals surface area contributed by atoms with Gasteiger partial charge in [-0.15, -0.1) is 0 Å². The lowest BCUT2D eigenvalue weighted by molar-refractivity contribution is 0.406. The van der Waals surface area contributed by atoms with Gasteiger partial charge in [0.25, 0.3) is 0 Å². The molecule has 0 saturated heterocycles. The third kappa shape index (κ3) is 2.90. The number of hydrogen-bond donors (Lipinski definition) is 1. The van der Waals surface area contributed by atoms with E-state index in [-0.39, 0.29) is 0 Å². The number of nitrogens with zero attached hydrogens (tertiary/aromatic N) is 2. The molecular weight excluding hydrogens is 314 g/mol. The van der Waals surface area contributed by atoms with Crippen LogP contribution >= 0.6 is 15.9 Å². The molecule has 0 atom stereocenters. The van der Waals surface area contributed by atoms with Crippen LogP contribution in [-0.4, -0.2) is 9.78 Å². The Labute approximate surface area is 128 Å². The summed E-state index contributed by atoms with van der Waals surface area (Å²) in [5.74, 6) is 0. The highest BCUT2D eigenvalue weighted by atomic mass is 79.9. The van der Waals surface area contributed by atoms with Crippen molar-refractivity contribution in [1.29, 1.82) is 0 Å². The molecule has 1 saturated carbocycles. The van der Waals surface area contributed by atoms with E-state index in [0.717, 1.165) is 21.4 Å². The van der Waals surface area contributed by atoms with Crippen molar-refractivity contribution in [2.75, 3.05) is 5.73 Å². The number of halogens is 1. The second-order valence-corrected chi connectivity index (χ2v) is 6.48. The average molecular weight is 334 g/mol. The van der Waals surface area contributed by atoms with Gasteiger partial charge in [0, 0.05) is 16.2 Å². The van der Waals surface area contributed by atoms with Crippen LogP contribution in [0.25, 0.3) is 11.3 Å². The maximum atomic E-state index is 6.17. The molecule has 1 aromatic heterocycles. The molecule has 106 valence electrons. The number of benzene rings is 1. The number of aromatic nitrogens is 2. The number of hydrogen-bond acceptors (Lipinski definition) is 2. The highest BCUT2D eigenvalue weighted by Crippen LogP contribution is 2.31. The van der Waals surface area contributed by atoms with Crippen molar-refractivity contribution >= 4 is 21.6 Å². The Morgan fingerprint density at radius 1 is 1.15 bits per heavy atom. The molecular formula is C16H20BrN3. The molecule has 0 spiro atoms. The molecule has 1 aliphatic carbocycles. The van der Waals surface area contributed by atoms with Crippen molar-refractivity contribution in [1.82, 2.24) is 9.78 Å². The van der Waals surface area contributed by atoms with Crippen LogP contribution in [-0.2, 0) is 0 Å². The minimum atomic E-state index is 0.515. The second kappa shape index (κ2) is 6.00. The molecule has 3 rings (SSSR count). The third-order valence-electron chi connectivity index (χ3n) is 4.06. The highest BCUT2D eigenvalue weighted by molar-refractivity contribution is 9.10. The van der Waals surface area contributed by atoms with Crippen LogP contribution in [0, 0.1) is 0 Å². The maximum absolute atomic E-state index is 6.17. The summed E-state index contributed by atoms with van der Waals surface area (Å²) < 4.78 is 3.15. The molecule has 4 heteroatoms. The summed E-state index contributed by atoms with van der Waals surface area (Å²) in [6.07, 6.45) is 9.76. The summed E-state index contributed by atoms with van der Waals surface area (Å²) in [5, 5.41) is 4.76. The van der Waals surface area contributed by atoms with E-state index in [1.807, 2.05) is 18.3 Å². The van der Waals surface area contributed by atoms with E-state index >= 15 is 0 Å². The third-order valence-corrected chi connectivity index (χ3v) is 4.55. The first-order valence-corrected chi connectivity index (χ1v) is 8.14. The SMILES string of the molecule is Nc1cn(C2CCCCCC2)nc1-c1cccc(Br)c1. The van der Waals surface area contributed by atoms with Gasteiger partial charge >= 0.3 is 0 Å². The average Bonchev–Trinajstić information content (AvgIpc) is 2.65. The van der Waals surface area contributed by atoms with Crippen LogP contribution < -0.4 is 5.73 Å². The second-order valence-electron chi connectivity index (χ2n) is 5.57.